The van der Waals surface area contributed by atoms with E-state index < -0.39 is 0 Å². The second-order valence-electron chi connectivity index (χ2n) is 5.62. The Hall–Kier alpha value is -0.860. The van der Waals surface area contributed by atoms with Crippen LogP contribution in [0.5, 0.6) is 0 Å². The van der Waals surface area contributed by atoms with E-state index in [9.17, 15) is 0 Å². The van der Waals surface area contributed by atoms with Gasteiger partial charge in [0.05, 0.1) is 6.61 Å². The average Bonchev–Trinajstić information content (AvgIpc) is 2.51. The highest BCUT2D eigenvalue weighted by Crippen LogP contribution is 2.12. The van der Waals surface area contributed by atoms with Crippen molar-refractivity contribution < 1.29 is 4.74 Å². The lowest BCUT2D eigenvalue weighted by molar-refractivity contribution is 0.203. The molecule has 0 heterocycles. The van der Waals surface area contributed by atoms with E-state index in [4.69, 9.17) is 4.74 Å². The minimum Gasteiger partial charge on any atom is -0.383 e. The first kappa shape index (κ1) is 22.1. The molecule has 0 aliphatic carbocycles. The maximum Gasteiger partial charge on any atom is 0.191 e. The van der Waals surface area contributed by atoms with Crippen LogP contribution in [-0.4, -0.2) is 51.3 Å². The Labute approximate surface area is 157 Å². The van der Waals surface area contributed by atoms with Gasteiger partial charge in [0.25, 0.3) is 0 Å². The molecule has 0 unspecified atom stereocenters. The van der Waals surface area contributed by atoms with Crippen molar-refractivity contribution in [2.75, 3.05) is 34.4 Å². The Kier molecular flexibility index (Phi) is 12.1. The number of rotatable bonds is 8. The predicted octanol–water partition coefficient (Wildman–Crippen LogP) is 2.46. The zero-order chi connectivity index (χ0) is 16.4. The molecule has 0 radical (unpaired) electrons. The van der Waals surface area contributed by atoms with E-state index in [-0.39, 0.29) is 24.0 Å². The summed E-state index contributed by atoms with van der Waals surface area (Å²) in [6, 6.07) is 9.07. The van der Waals surface area contributed by atoms with Gasteiger partial charge in [0.1, 0.15) is 0 Å². The molecule has 132 valence electrons. The molecule has 0 aliphatic heterocycles. The highest BCUT2D eigenvalue weighted by Gasteiger charge is 2.08. The molecule has 0 amide bonds. The fourth-order valence-electron chi connectivity index (χ4n) is 2.01. The van der Waals surface area contributed by atoms with E-state index in [1.807, 2.05) is 0 Å². The zero-order valence-corrected chi connectivity index (χ0v) is 17.3. The number of benzene rings is 1. The van der Waals surface area contributed by atoms with E-state index in [2.05, 4.69) is 65.7 Å². The van der Waals surface area contributed by atoms with Crippen LogP contribution in [0, 0.1) is 0 Å². The van der Waals surface area contributed by atoms with Crippen molar-refractivity contribution >= 4 is 29.9 Å². The molecule has 0 saturated heterocycles. The topological polar surface area (TPSA) is 48.9 Å². The maximum absolute atomic E-state index is 5.03. The Morgan fingerprint density at radius 1 is 1.22 bits per heavy atom. The van der Waals surface area contributed by atoms with Crippen molar-refractivity contribution in [3.63, 3.8) is 0 Å². The maximum atomic E-state index is 5.03. The molecule has 1 aromatic carbocycles. The van der Waals surface area contributed by atoms with Crippen LogP contribution in [0.2, 0.25) is 0 Å². The standard InChI is InChI=1S/C17H30N4O.HI/c1-14(2)21(4)13-16-9-7-6-8-15(16)12-20-17(18-3)19-10-11-22-5;/h6-9,14H,10-13H2,1-5H3,(H2,18,19,20);1H. The average molecular weight is 434 g/mol. The van der Waals surface area contributed by atoms with Crippen molar-refractivity contribution in [1.82, 2.24) is 15.5 Å². The quantitative estimate of drug-likeness (QED) is 0.286. The molecule has 0 spiro atoms. The lowest BCUT2D eigenvalue weighted by Crippen LogP contribution is -2.38. The number of nitrogens with one attached hydrogen (secondary N) is 2. The number of nitrogens with zero attached hydrogens (tertiary/aromatic N) is 2. The number of methoxy groups -OCH3 is 1. The summed E-state index contributed by atoms with van der Waals surface area (Å²) in [5.41, 5.74) is 2.64. The van der Waals surface area contributed by atoms with Gasteiger partial charge in [-0.25, -0.2) is 0 Å². The first-order chi connectivity index (χ1) is 10.6. The minimum atomic E-state index is 0. The number of hydrogen-bond donors (Lipinski definition) is 2. The van der Waals surface area contributed by atoms with Crippen LogP contribution in [-0.2, 0) is 17.8 Å². The van der Waals surface area contributed by atoms with E-state index >= 15 is 0 Å². The van der Waals surface area contributed by atoms with E-state index in [0.29, 0.717) is 12.6 Å². The van der Waals surface area contributed by atoms with Crippen molar-refractivity contribution in [3.05, 3.63) is 35.4 Å². The van der Waals surface area contributed by atoms with Gasteiger partial charge in [-0.2, -0.15) is 0 Å². The third-order valence-electron chi connectivity index (χ3n) is 3.69. The summed E-state index contributed by atoms with van der Waals surface area (Å²) in [6.07, 6.45) is 0. The number of aliphatic imine (C=N–C) groups is 1. The van der Waals surface area contributed by atoms with Gasteiger partial charge >= 0.3 is 0 Å². The molecule has 5 nitrogen and oxygen atoms in total. The van der Waals surface area contributed by atoms with Crippen LogP contribution < -0.4 is 10.6 Å². The Morgan fingerprint density at radius 2 is 1.87 bits per heavy atom. The molecule has 6 heteroatoms. The third-order valence-corrected chi connectivity index (χ3v) is 3.69. The van der Waals surface area contributed by atoms with Gasteiger partial charge in [0, 0.05) is 39.8 Å². The van der Waals surface area contributed by atoms with Gasteiger partial charge in [-0.05, 0) is 32.0 Å². The van der Waals surface area contributed by atoms with Crippen LogP contribution in [0.4, 0.5) is 0 Å². The molecule has 0 aliphatic rings. The summed E-state index contributed by atoms with van der Waals surface area (Å²) in [5.74, 6) is 0.795. The summed E-state index contributed by atoms with van der Waals surface area (Å²) in [7, 11) is 5.63. The van der Waals surface area contributed by atoms with Crippen LogP contribution in [0.1, 0.15) is 25.0 Å². The first-order valence-corrected chi connectivity index (χ1v) is 7.79. The van der Waals surface area contributed by atoms with Gasteiger partial charge in [-0.1, -0.05) is 24.3 Å². The fourth-order valence-corrected chi connectivity index (χ4v) is 2.01. The number of hydrogen-bond acceptors (Lipinski definition) is 3. The summed E-state index contributed by atoms with van der Waals surface area (Å²) in [4.78, 5) is 6.56. The van der Waals surface area contributed by atoms with Gasteiger partial charge in [0.2, 0.25) is 0 Å². The molecule has 0 bridgehead atoms. The lowest BCUT2D eigenvalue weighted by atomic mass is 10.1. The van der Waals surface area contributed by atoms with E-state index in [1.54, 1.807) is 14.2 Å². The van der Waals surface area contributed by atoms with Gasteiger partial charge < -0.3 is 15.4 Å². The Balaban J connectivity index is 0.00000484. The van der Waals surface area contributed by atoms with E-state index in [0.717, 1.165) is 25.6 Å². The zero-order valence-electron chi connectivity index (χ0n) is 14.9. The summed E-state index contributed by atoms with van der Waals surface area (Å²) in [5, 5.41) is 6.57. The third kappa shape index (κ3) is 8.53. The van der Waals surface area contributed by atoms with Crippen molar-refractivity contribution in [2.45, 2.75) is 33.0 Å². The van der Waals surface area contributed by atoms with E-state index in [1.165, 1.54) is 11.1 Å². The molecule has 0 atom stereocenters. The minimum absolute atomic E-state index is 0. The number of guanidine groups is 1. The molecular formula is C17H31IN4O. The van der Waals surface area contributed by atoms with Crippen LogP contribution in [0.3, 0.4) is 0 Å². The van der Waals surface area contributed by atoms with Gasteiger partial charge in [-0.3, -0.25) is 9.89 Å². The molecule has 2 N–H and O–H groups in total. The van der Waals surface area contributed by atoms with Crippen LogP contribution >= 0.6 is 24.0 Å². The summed E-state index contributed by atoms with van der Waals surface area (Å²) < 4.78 is 5.03. The summed E-state index contributed by atoms with van der Waals surface area (Å²) >= 11 is 0. The van der Waals surface area contributed by atoms with Crippen LogP contribution in [0.25, 0.3) is 0 Å². The molecular weight excluding hydrogens is 403 g/mol. The Morgan fingerprint density at radius 3 is 2.43 bits per heavy atom. The first-order valence-electron chi connectivity index (χ1n) is 7.79. The highest BCUT2D eigenvalue weighted by atomic mass is 127. The molecule has 23 heavy (non-hydrogen) atoms. The number of halogens is 1. The normalized spacial score (nSPS) is 11.5. The second-order valence-corrected chi connectivity index (χ2v) is 5.62. The van der Waals surface area contributed by atoms with Crippen molar-refractivity contribution in [3.8, 4) is 0 Å². The fraction of sp³-hybridized carbons (Fsp3) is 0.588. The largest absolute Gasteiger partial charge is 0.383 e. The predicted molar refractivity (Wildman–Crippen MR) is 109 cm³/mol. The molecule has 0 saturated carbocycles. The van der Waals surface area contributed by atoms with Crippen molar-refractivity contribution in [1.29, 1.82) is 0 Å². The van der Waals surface area contributed by atoms with Crippen LogP contribution in [0.15, 0.2) is 29.3 Å². The van der Waals surface area contributed by atoms with Gasteiger partial charge in [-0.15, -0.1) is 24.0 Å². The smallest absolute Gasteiger partial charge is 0.191 e. The second kappa shape index (κ2) is 12.5. The monoisotopic (exact) mass is 434 g/mol. The molecule has 1 aromatic rings. The molecule has 0 aromatic heterocycles. The van der Waals surface area contributed by atoms with Gasteiger partial charge in [0.15, 0.2) is 5.96 Å². The lowest BCUT2D eigenvalue weighted by Gasteiger charge is -2.23. The number of ether oxygens (including phenoxy) is 1. The Bertz CT molecular complexity index is 466. The highest BCUT2D eigenvalue weighted by molar-refractivity contribution is 14.0. The van der Waals surface area contributed by atoms with Crippen molar-refractivity contribution in [2.24, 2.45) is 4.99 Å². The molecule has 0 fully saturated rings. The SMILES string of the molecule is CN=C(NCCOC)NCc1ccccc1CN(C)C(C)C.I. The summed E-state index contributed by atoms with van der Waals surface area (Å²) in [6.45, 7) is 7.54. The molecule has 1 rings (SSSR count).